The Balaban J connectivity index is 2.19. The number of benzene rings is 1. The zero-order chi connectivity index (χ0) is 8.39. The van der Waals surface area contributed by atoms with Gasteiger partial charge < -0.3 is 0 Å². The zero-order valence-corrected chi connectivity index (χ0v) is 8.63. The third kappa shape index (κ3) is 1.56. The number of hydrogen-bond donors (Lipinski definition) is 0. The lowest BCUT2D eigenvalue weighted by Gasteiger charge is -2.13. The van der Waals surface area contributed by atoms with Gasteiger partial charge in [-0.3, -0.25) is 0 Å². The first kappa shape index (κ1) is 8.31. The highest BCUT2D eigenvalue weighted by molar-refractivity contribution is 9.09. The van der Waals surface area contributed by atoms with E-state index in [1.54, 1.807) is 0 Å². The molecule has 1 saturated carbocycles. The maximum Gasteiger partial charge on any atom is 0.0214 e. The Labute approximate surface area is 82.1 Å². The molecule has 1 aromatic rings. The van der Waals surface area contributed by atoms with Crippen LogP contribution in [0.25, 0.3) is 0 Å². The molecule has 0 amide bonds. The van der Waals surface area contributed by atoms with Crippen molar-refractivity contribution in [3.05, 3.63) is 35.9 Å². The molecule has 0 aliphatic heterocycles. The lowest BCUT2D eigenvalue weighted by atomic mass is 9.98. The number of rotatable bonds is 1. The molecule has 2 atom stereocenters. The van der Waals surface area contributed by atoms with E-state index in [1.807, 2.05) is 0 Å². The summed E-state index contributed by atoms with van der Waals surface area (Å²) in [5.74, 6) is 0.756. The van der Waals surface area contributed by atoms with Crippen LogP contribution in [0.2, 0.25) is 0 Å². The zero-order valence-electron chi connectivity index (χ0n) is 7.04. The monoisotopic (exact) mass is 224 g/mol. The largest absolute Gasteiger partial charge is 0.0884 e. The average Bonchev–Trinajstić information content (AvgIpc) is 2.53. The molecule has 2 unspecified atom stereocenters. The molecule has 0 radical (unpaired) electrons. The summed E-state index contributed by atoms with van der Waals surface area (Å²) in [4.78, 5) is 0.708. The summed E-state index contributed by atoms with van der Waals surface area (Å²) in [6.45, 7) is 0. The van der Waals surface area contributed by atoms with Crippen molar-refractivity contribution in [2.24, 2.45) is 0 Å². The van der Waals surface area contributed by atoms with E-state index in [9.17, 15) is 0 Å². The van der Waals surface area contributed by atoms with Gasteiger partial charge in [0.15, 0.2) is 0 Å². The van der Waals surface area contributed by atoms with E-state index < -0.39 is 0 Å². The van der Waals surface area contributed by atoms with Crippen LogP contribution in [0.4, 0.5) is 0 Å². The molecule has 0 spiro atoms. The fraction of sp³-hybridized carbons (Fsp3) is 0.455. The van der Waals surface area contributed by atoms with Crippen molar-refractivity contribution in [1.29, 1.82) is 0 Å². The highest BCUT2D eigenvalue weighted by Gasteiger charge is 2.25. The standard InChI is InChI=1S/C11H13Br/c12-11-8-4-7-10(11)9-5-2-1-3-6-9/h1-3,5-6,10-11H,4,7-8H2. The molecule has 64 valence electrons. The topological polar surface area (TPSA) is 0 Å². The fourth-order valence-electron chi connectivity index (χ4n) is 1.99. The average molecular weight is 225 g/mol. The van der Waals surface area contributed by atoms with Gasteiger partial charge in [0.25, 0.3) is 0 Å². The van der Waals surface area contributed by atoms with E-state index in [2.05, 4.69) is 46.3 Å². The Bertz CT molecular complexity index is 242. The smallest absolute Gasteiger partial charge is 0.0214 e. The van der Waals surface area contributed by atoms with Gasteiger partial charge in [0.05, 0.1) is 0 Å². The molecule has 0 nitrogen and oxygen atoms in total. The number of hydrogen-bond acceptors (Lipinski definition) is 0. The SMILES string of the molecule is BrC1CCCC1c1ccccc1. The van der Waals surface area contributed by atoms with Crippen LogP contribution in [0.15, 0.2) is 30.3 Å². The first-order valence-electron chi connectivity index (χ1n) is 4.57. The summed E-state index contributed by atoms with van der Waals surface area (Å²) < 4.78 is 0. The van der Waals surface area contributed by atoms with Crippen LogP contribution in [0, 0.1) is 0 Å². The lowest BCUT2D eigenvalue weighted by Crippen LogP contribution is -2.03. The first-order valence-corrected chi connectivity index (χ1v) is 5.48. The molecule has 1 heteroatoms. The van der Waals surface area contributed by atoms with E-state index in [1.165, 1.54) is 24.8 Å². The van der Waals surface area contributed by atoms with Crippen LogP contribution in [-0.4, -0.2) is 4.83 Å². The van der Waals surface area contributed by atoms with Crippen molar-refractivity contribution in [3.63, 3.8) is 0 Å². The fourth-order valence-corrected chi connectivity index (χ4v) is 2.88. The summed E-state index contributed by atoms with van der Waals surface area (Å²) in [5.41, 5.74) is 1.50. The van der Waals surface area contributed by atoms with Gasteiger partial charge in [0.2, 0.25) is 0 Å². The molecular weight excluding hydrogens is 212 g/mol. The summed E-state index contributed by atoms with van der Waals surface area (Å²) >= 11 is 3.74. The summed E-state index contributed by atoms with van der Waals surface area (Å²) in [5, 5.41) is 0. The van der Waals surface area contributed by atoms with Crippen LogP contribution in [-0.2, 0) is 0 Å². The van der Waals surface area contributed by atoms with E-state index in [4.69, 9.17) is 0 Å². The highest BCUT2D eigenvalue weighted by Crippen LogP contribution is 2.38. The Morgan fingerprint density at radius 1 is 1.08 bits per heavy atom. The Hall–Kier alpha value is -0.300. The van der Waals surface area contributed by atoms with Crippen molar-refractivity contribution in [2.75, 3.05) is 0 Å². The highest BCUT2D eigenvalue weighted by atomic mass is 79.9. The van der Waals surface area contributed by atoms with Crippen LogP contribution in [0.5, 0.6) is 0 Å². The maximum absolute atomic E-state index is 3.74. The summed E-state index contributed by atoms with van der Waals surface area (Å²) in [7, 11) is 0. The normalized spacial score (nSPS) is 29.1. The minimum absolute atomic E-state index is 0.708. The summed E-state index contributed by atoms with van der Waals surface area (Å²) in [6, 6.07) is 10.8. The minimum Gasteiger partial charge on any atom is -0.0884 e. The quantitative estimate of drug-likeness (QED) is 0.639. The molecule has 0 N–H and O–H groups in total. The number of alkyl halides is 1. The van der Waals surface area contributed by atoms with Gasteiger partial charge in [-0.15, -0.1) is 0 Å². The van der Waals surface area contributed by atoms with Crippen molar-refractivity contribution >= 4 is 15.9 Å². The molecular formula is C11H13Br. The molecule has 0 bridgehead atoms. The first-order chi connectivity index (χ1) is 5.88. The second kappa shape index (κ2) is 3.61. The van der Waals surface area contributed by atoms with Crippen LogP contribution in [0.3, 0.4) is 0 Å². The second-order valence-corrected chi connectivity index (χ2v) is 4.64. The maximum atomic E-state index is 3.74. The van der Waals surface area contributed by atoms with Crippen molar-refractivity contribution in [2.45, 2.75) is 30.0 Å². The molecule has 2 rings (SSSR count). The lowest BCUT2D eigenvalue weighted by molar-refractivity contribution is 0.743. The second-order valence-electron chi connectivity index (χ2n) is 3.46. The van der Waals surface area contributed by atoms with Gasteiger partial charge in [-0.05, 0) is 24.3 Å². The van der Waals surface area contributed by atoms with Crippen LogP contribution >= 0.6 is 15.9 Å². The molecule has 0 aromatic heterocycles. The predicted molar refractivity (Wildman–Crippen MR) is 55.7 cm³/mol. The minimum atomic E-state index is 0.708. The molecule has 1 aliphatic rings. The van der Waals surface area contributed by atoms with Gasteiger partial charge in [-0.25, -0.2) is 0 Å². The van der Waals surface area contributed by atoms with Gasteiger partial charge in [-0.2, -0.15) is 0 Å². The molecule has 0 saturated heterocycles. The van der Waals surface area contributed by atoms with E-state index in [0.717, 1.165) is 5.92 Å². The van der Waals surface area contributed by atoms with Gasteiger partial charge >= 0.3 is 0 Å². The summed E-state index contributed by atoms with van der Waals surface area (Å²) in [6.07, 6.45) is 4.05. The molecule has 0 heterocycles. The van der Waals surface area contributed by atoms with E-state index in [-0.39, 0.29) is 0 Å². The molecule has 1 fully saturated rings. The number of halogens is 1. The molecule has 1 aromatic carbocycles. The predicted octanol–water partition coefficient (Wildman–Crippen LogP) is 3.72. The third-order valence-electron chi connectivity index (χ3n) is 2.66. The van der Waals surface area contributed by atoms with Crippen molar-refractivity contribution in [1.82, 2.24) is 0 Å². The third-order valence-corrected chi connectivity index (χ3v) is 3.76. The van der Waals surface area contributed by atoms with Crippen LogP contribution in [0.1, 0.15) is 30.7 Å². The van der Waals surface area contributed by atoms with Crippen molar-refractivity contribution in [3.8, 4) is 0 Å². The van der Waals surface area contributed by atoms with E-state index in [0.29, 0.717) is 4.83 Å². The Morgan fingerprint density at radius 2 is 1.83 bits per heavy atom. The Kier molecular flexibility index (Phi) is 2.50. The van der Waals surface area contributed by atoms with E-state index >= 15 is 0 Å². The molecule has 1 aliphatic carbocycles. The molecule has 12 heavy (non-hydrogen) atoms. The van der Waals surface area contributed by atoms with Crippen LogP contribution < -0.4 is 0 Å². The Morgan fingerprint density at radius 3 is 2.42 bits per heavy atom. The van der Waals surface area contributed by atoms with Gasteiger partial charge in [0, 0.05) is 4.83 Å². The van der Waals surface area contributed by atoms with Gasteiger partial charge in [-0.1, -0.05) is 52.7 Å². The van der Waals surface area contributed by atoms with Crippen molar-refractivity contribution < 1.29 is 0 Å². The van der Waals surface area contributed by atoms with Gasteiger partial charge in [0.1, 0.15) is 0 Å².